The topological polar surface area (TPSA) is 97.5 Å². The van der Waals surface area contributed by atoms with Gasteiger partial charge in [-0.1, -0.05) is 6.07 Å². The largest absolute Gasteiger partial charge is 0.416 e. The van der Waals surface area contributed by atoms with Crippen molar-refractivity contribution < 1.29 is 27.2 Å². The monoisotopic (exact) mass is 545 g/mol. The molecule has 1 saturated heterocycles. The fourth-order valence-electron chi connectivity index (χ4n) is 5.20. The maximum Gasteiger partial charge on any atom is 0.416 e. The zero-order valence-corrected chi connectivity index (χ0v) is 21.1. The Balaban J connectivity index is 1.32. The summed E-state index contributed by atoms with van der Waals surface area (Å²) in [4.78, 5) is 44.2. The van der Waals surface area contributed by atoms with Gasteiger partial charge < -0.3 is 25.4 Å². The van der Waals surface area contributed by atoms with Crippen molar-refractivity contribution in [3.8, 4) is 0 Å². The van der Waals surface area contributed by atoms with Crippen molar-refractivity contribution in [2.45, 2.75) is 25.6 Å². The summed E-state index contributed by atoms with van der Waals surface area (Å²) in [5.74, 6) is -1.42. The highest BCUT2D eigenvalue weighted by atomic mass is 19.4. The summed E-state index contributed by atoms with van der Waals surface area (Å²) in [7, 11) is 0. The van der Waals surface area contributed by atoms with E-state index in [-0.39, 0.29) is 48.1 Å². The van der Waals surface area contributed by atoms with E-state index in [2.05, 4.69) is 15.6 Å². The zero-order valence-electron chi connectivity index (χ0n) is 21.1. The third-order valence-electron chi connectivity index (χ3n) is 7.33. The van der Waals surface area contributed by atoms with Crippen molar-refractivity contribution in [1.82, 2.24) is 20.1 Å². The first-order chi connectivity index (χ1) is 18.5. The molecule has 0 unspecified atom stereocenters. The van der Waals surface area contributed by atoms with Crippen LogP contribution >= 0.6 is 0 Å². The predicted octanol–water partition coefficient (Wildman–Crippen LogP) is 3.29. The second-order valence-corrected chi connectivity index (χ2v) is 9.75. The minimum atomic E-state index is -4.44. The number of benzene rings is 2. The minimum Gasteiger partial charge on any atom is -0.374 e. The second-order valence-electron chi connectivity index (χ2n) is 9.75. The molecule has 1 atom stereocenters. The Morgan fingerprint density at radius 3 is 2.54 bits per heavy atom. The van der Waals surface area contributed by atoms with Gasteiger partial charge in [0.1, 0.15) is 11.5 Å². The Bertz CT molecular complexity index is 1500. The Labute approximate surface area is 221 Å². The van der Waals surface area contributed by atoms with E-state index >= 15 is 0 Å². The number of amides is 2. The van der Waals surface area contributed by atoms with Crippen LogP contribution in [0, 0.1) is 5.82 Å². The standard InChI is InChI=1S/C27H27F4N5O3/c1-15-19-3-2-18(27(29,30)31)10-16(19)4-7-36(15)24(37)14-33-22-11-17-12-23(26(39)35-8-5-32-6-9-35)34-25(38)20(17)13-21(22)28/h2-3,10-13,15,32-33H,4-9,14H2,1H3,(H,34,38)/t15-/m0/s1. The van der Waals surface area contributed by atoms with Crippen LogP contribution in [0.1, 0.15) is 40.1 Å². The number of hydrogen-bond acceptors (Lipinski definition) is 5. The van der Waals surface area contributed by atoms with E-state index < -0.39 is 29.2 Å². The van der Waals surface area contributed by atoms with E-state index in [1.807, 2.05) is 0 Å². The Morgan fingerprint density at radius 1 is 1.08 bits per heavy atom. The lowest BCUT2D eigenvalue weighted by Gasteiger charge is -2.35. The molecule has 39 heavy (non-hydrogen) atoms. The molecule has 2 amide bonds. The molecule has 2 aliphatic rings. The third kappa shape index (κ3) is 5.33. The van der Waals surface area contributed by atoms with E-state index in [1.165, 1.54) is 23.1 Å². The van der Waals surface area contributed by atoms with Gasteiger partial charge in [0.05, 0.1) is 29.2 Å². The van der Waals surface area contributed by atoms with E-state index in [0.717, 1.165) is 18.2 Å². The van der Waals surface area contributed by atoms with Gasteiger partial charge in [-0.3, -0.25) is 14.4 Å². The molecule has 1 aromatic heterocycles. The molecule has 0 aliphatic carbocycles. The fourth-order valence-corrected chi connectivity index (χ4v) is 5.20. The number of alkyl halides is 3. The number of piperazine rings is 1. The number of carbonyl (C=O) groups is 2. The number of nitrogens with one attached hydrogen (secondary N) is 3. The Kier molecular flexibility index (Phi) is 7.06. The van der Waals surface area contributed by atoms with Crippen LogP contribution in [0.2, 0.25) is 0 Å². The quantitative estimate of drug-likeness (QED) is 0.438. The van der Waals surface area contributed by atoms with E-state index in [4.69, 9.17) is 0 Å². The molecule has 3 heterocycles. The highest BCUT2D eigenvalue weighted by Crippen LogP contribution is 2.35. The van der Waals surface area contributed by atoms with E-state index in [1.54, 1.807) is 11.8 Å². The van der Waals surface area contributed by atoms with Gasteiger partial charge in [-0.05, 0) is 60.2 Å². The van der Waals surface area contributed by atoms with Crippen molar-refractivity contribution in [3.05, 3.63) is 75.0 Å². The highest BCUT2D eigenvalue weighted by molar-refractivity contribution is 5.97. The lowest BCUT2D eigenvalue weighted by Crippen LogP contribution is -2.46. The van der Waals surface area contributed by atoms with Gasteiger partial charge in [-0.25, -0.2) is 4.39 Å². The molecule has 12 heteroatoms. The third-order valence-corrected chi connectivity index (χ3v) is 7.33. The van der Waals surface area contributed by atoms with Gasteiger partial charge in [0, 0.05) is 32.7 Å². The first kappa shape index (κ1) is 26.7. The summed E-state index contributed by atoms with van der Waals surface area (Å²) in [6.45, 7) is 3.99. The average Bonchev–Trinajstić information content (AvgIpc) is 2.91. The van der Waals surface area contributed by atoms with Crippen LogP contribution < -0.4 is 16.2 Å². The highest BCUT2D eigenvalue weighted by Gasteiger charge is 2.34. The van der Waals surface area contributed by atoms with E-state index in [9.17, 15) is 31.9 Å². The molecular weight excluding hydrogens is 518 g/mol. The maximum atomic E-state index is 14.8. The lowest BCUT2D eigenvalue weighted by atomic mass is 9.91. The number of rotatable bonds is 4. The van der Waals surface area contributed by atoms with E-state index in [0.29, 0.717) is 42.7 Å². The summed E-state index contributed by atoms with van der Waals surface area (Å²) >= 11 is 0. The van der Waals surface area contributed by atoms with Crippen LogP contribution in [0.3, 0.4) is 0 Å². The van der Waals surface area contributed by atoms with Crippen LogP contribution in [0.5, 0.6) is 0 Å². The fraction of sp³-hybridized carbons (Fsp3) is 0.370. The van der Waals surface area contributed by atoms with Crippen molar-refractivity contribution in [2.75, 3.05) is 44.6 Å². The first-order valence-electron chi connectivity index (χ1n) is 12.6. The Morgan fingerprint density at radius 2 is 1.82 bits per heavy atom. The number of nitrogens with zero attached hydrogens (tertiary/aromatic N) is 2. The van der Waals surface area contributed by atoms with Crippen molar-refractivity contribution in [2.24, 2.45) is 0 Å². The smallest absolute Gasteiger partial charge is 0.374 e. The molecule has 0 radical (unpaired) electrons. The molecule has 0 saturated carbocycles. The van der Waals surface area contributed by atoms with Gasteiger partial charge in [0.15, 0.2) is 0 Å². The summed E-state index contributed by atoms with van der Waals surface area (Å²) in [5.41, 5.74) is -0.0496. The van der Waals surface area contributed by atoms with Crippen molar-refractivity contribution >= 4 is 28.3 Å². The SMILES string of the molecule is C[C@H]1c2ccc(C(F)(F)F)cc2CCN1C(=O)CNc1cc2cc(C(=O)N3CCNCC3)[nH]c(=O)c2cc1F. The summed E-state index contributed by atoms with van der Waals surface area (Å²) in [6.07, 6.45) is -4.17. The van der Waals surface area contributed by atoms with Gasteiger partial charge in [0.25, 0.3) is 11.5 Å². The number of H-pyrrole nitrogens is 1. The number of aromatic nitrogens is 1. The van der Waals surface area contributed by atoms with Gasteiger partial charge >= 0.3 is 6.18 Å². The Hall–Kier alpha value is -3.93. The van der Waals surface area contributed by atoms with Crippen LogP contribution in [0.15, 0.2) is 41.2 Å². The molecule has 2 aromatic carbocycles. The van der Waals surface area contributed by atoms with Gasteiger partial charge in [-0.2, -0.15) is 13.2 Å². The molecule has 2 aliphatic heterocycles. The number of carbonyl (C=O) groups excluding carboxylic acids is 2. The molecule has 206 valence electrons. The average molecular weight is 546 g/mol. The lowest BCUT2D eigenvalue weighted by molar-refractivity contribution is -0.138. The molecular formula is C27H27F4N5O3. The first-order valence-corrected chi connectivity index (χ1v) is 12.6. The predicted molar refractivity (Wildman–Crippen MR) is 137 cm³/mol. The van der Waals surface area contributed by atoms with Crippen molar-refractivity contribution in [3.63, 3.8) is 0 Å². The summed E-state index contributed by atoms with van der Waals surface area (Å²) in [6, 6.07) is 7.01. The van der Waals surface area contributed by atoms with Crippen LogP contribution in [0.25, 0.3) is 10.8 Å². The van der Waals surface area contributed by atoms with Gasteiger partial charge in [-0.15, -0.1) is 0 Å². The molecule has 0 spiro atoms. The molecule has 5 rings (SSSR count). The summed E-state index contributed by atoms with van der Waals surface area (Å²) < 4.78 is 54.1. The molecule has 8 nitrogen and oxygen atoms in total. The van der Waals surface area contributed by atoms with Gasteiger partial charge in [0.2, 0.25) is 5.91 Å². The maximum absolute atomic E-state index is 14.8. The number of halogens is 4. The molecule has 3 N–H and O–H groups in total. The number of aromatic amines is 1. The number of hydrogen-bond donors (Lipinski definition) is 3. The van der Waals surface area contributed by atoms with Crippen LogP contribution in [-0.4, -0.2) is 65.9 Å². The zero-order chi connectivity index (χ0) is 27.9. The normalized spacial score (nSPS) is 17.7. The molecule has 0 bridgehead atoms. The summed E-state index contributed by atoms with van der Waals surface area (Å²) in [5, 5.41) is 6.34. The number of pyridine rings is 1. The molecule has 1 fully saturated rings. The second kappa shape index (κ2) is 10.3. The number of anilines is 1. The van der Waals surface area contributed by atoms with Crippen LogP contribution in [-0.2, 0) is 17.4 Å². The minimum absolute atomic E-state index is 0.0121. The van der Waals surface area contributed by atoms with Crippen molar-refractivity contribution in [1.29, 1.82) is 0 Å². The van der Waals surface area contributed by atoms with Crippen LogP contribution in [0.4, 0.5) is 23.2 Å². The molecule has 3 aromatic rings. The number of fused-ring (bicyclic) bond motifs is 2.